The Kier molecular flexibility index (Phi) is 7.67. The van der Waals surface area contributed by atoms with Crippen molar-refractivity contribution in [3.05, 3.63) is 0 Å². The monoisotopic (exact) mass is 214 g/mol. The van der Waals surface area contributed by atoms with E-state index in [-0.39, 0.29) is 17.6 Å². The molecule has 2 nitrogen and oxygen atoms in total. The van der Waals surface area contributed by atoms with Crippen LogP contribution in [0.4, 0.5) is 0 Å². The molecule has 0 aliphatic rings. The third-order valence-electron chi connectivity index (χ3n) is 3.44. The Morgan fingerprint density at radius 2 is 1.47 bits per heavy atom. The molecule has 0 radical (unpaired) electrons. The van der Waals surface area contributed by atoms with Crippen LogP contribution in [0.3, 0.4) is 0 Å². The number of ketones is 1. The molecule has 15 heavy (non-hydrogen) atoms. The summed E-state index contributed by atoms with van der Waals surface area (Å²) in [5.74, 6) is 0.664. The zero-order chi connectivity index (χ0) is 11.8. The third-order valence-corrected chi connectivity index (χ3v) is 3.44. The number of hydrogen-bond donors (Lipinski definition) is 1. The fourth-order valence-electron chi connectivity index (χ4n) is 2.12. The molecule has 0 bridgehead atoms. The van der Waals surface area contributed by atoms with Crippen LogP contribution >= 0.6 is 0 Å². The Morgan fingerprint density at radius 1 is 1.00 bits per heavy atom. The van der Waals surface area contributed by atoms with Crippen molar-refractivity contribution in [1.29, 1.82) is 0 Å². The third kappa shape index (κ3) is 4.78. The number of aliphatic hydroxyl groups is 1. The fraction of sp³-hybridized carbons (Fsp3) is 0.923. The van der Waals surface area contributed by atoms with Gasteiger partial charge < -0.3 is 5.11 Å². The molecule has 90 valence electrons. The first-order valence-corrected chi connectivity index (χ1v) is 6.31. The Labute approximate surface area is 94.1 Å². The highest BCUT2D eigenvalue weighted by Gasteiger charge is 2.22. The lowest BCUT2D eigenvalue weighted by Gasteiger charge is -2.21. The molecule has 0 saturated carbocycles. The molecule has 0 rings (SSSR count). The summed E-state index contributed by atoms with van der Waals surface area (Å²) in [6, 6.07) is 0. The normalized spacial score (nSPS) is 13.5. The number of hydrogen-bond acceptors (Lipinski definition) is 2. The van der Waals surface area contributed by atoms with Gasteiger partial charge in [-0.3, -0.25) is 4.79 Å². The molecule has 1 atom stereocenters. The average Bonchev–Trinajstić information content (AvgIpc) is 2.21. The quantitative estimate of drug-likeness (QED) is 0.674. The number of carbonyl (C=O) groups excluding carboxylic acids is 1. The van der Waals surface area contributed by atoms with Crippen LogP contribution in [0, 0.1) is 11.8 Å². The lowest BCUT2D eigenvalue weighted by molar-refractivity contribution is -0.125. The second-order valence-electron chi connectivity index (χ2n) is 4.33. The molecule has 0 unspecified atom stereocenters. The largest absolute Gasteiger partial charge is 0.392 e. The van der Waals surface area contributed by atoms with Gasteiger partial charge in [0, 0.05) is 12.3 Å². The van der Waals surface area contributed by atoms with Gasteiger partial charge in [0.05, 0.1) is 6.10 Å². The zero-order valence-corrected chi connectivity index (χ0v) is 10.6. The molecule has 1 N–H and O–H groups in total. The first-order chi connectivity index (χ1) is 7.10. The molecule has 0 saturated heterocycles. The van der Waals surface area contributed by atoms with Crippen LogP contribution in [-0.4, -0.2) is 17.0 Å². The number of Topliss-reactive ketones (excluding diaryl/α,β-unsaturated/α-hetero) is 1. The summed E-state index contributed by atoms with van der Waals surface area (Å²) in [5.41, 5.74) is 0. The van der Waals surface area contributed by atoms with Crippen LogP contribution in [0.2, 0.25) is 0 Å². The smallest absolute Gasteiger partial charge is 0.138 e. The van der Waals surface area contributed by atoms with E-state index in [1.807, 2.05) is 13.8 Å². The highest BCUT2D eigenvalue weighted by atomic mass is 16.3. The number of aliphatic hydroxyl groups excluding tert-OH is 1. The summed E-state index contributed by atoms with van der Waals surface area (Å²) in [4.78, 5) is 11.8. The van der Waals surface area contributed by atoms with Gasteiger partial charge in [-0.25, -0.2) is 0 Å². The van der Waals surface area contributed by atoms with Crippen LogP contribution in [0.5, 0.6) is 0 Å². The van der Waals surface area contributed by atoms with Crippen molar-refractivity contribution in [3.63, 3.8) is 0 Å². The van der Waals surface area contributed by atoms with E-state index in [1.54, 1.807) is 0 Å². The second-order valence-corrected chi connectivity index (χ2v) is 4.33. The molecule has 0 aromatic heterocycles. The van der Waals surface area contributed by atoms with Crippen molar-refractivity contribution in [2.24, 2.45) is 11.8 Å². The lowest BCUT2D eigenvalue weighted by atomic mass is 9.88. The van der Waals surface area contributed by atoms with E-state index in [2.05, 4.69) is 13.8 Å². The van der Waals surface area contributed by atoms with Gasteiger partial charge in [0.25, 0.3) is 0 Å². The maximum Gasteiger partial charge on any atom is 0.138 e. The van der Waals surface area contributed by atoms with Crippen molar-refractivity contribution in [3.8, 4) is 0 Å². The molecular formula is C13H26O2. The van der Waals surface area contributed by atoms with Gasteiger partial charge in [0.1, 0.15) is 5.78 Å². The van der Waals surface area contributed by atoms with Crippen LogP contribution in [0.1, 0.15) is 59.8 Å². The van der Waals surface area contributed by atoms with Crippen LogP contribution in [0.15, 0.2) is 0 Å². The van der Waals surface area contributed by atoms with Crippen LogP contribution < -0.4 is 0 Å². The van der Waals surface area contributed by atoms with E-state index in [0.717, 1.165) is 25.7 Å². The summed E-state index contributed by atoms with van der Waals surface area (Å²) in [6.07, 6.45) is 3.60. The highest BCUT2D eigenvalue weighted by Crippen LogP contribution is 2.19. The van der Waals surface area contributed by atoms with Gasteiger partial charge in [-0.2, -0.15) is 0 Å². The molecule has 0 aromatic rings. The van der Waals surface area contributed by atoms with E-state index in [9.17, 15) is 9.90 Å². The second kappa shape index (κ2) is 7.86. The van der Waals surface area contributed by atoms with Crippen molar-refractivity contribution in [2.75, 3.05) is 0 Å². The minimum absolute atomic E-state index is 0.147. The summed E-state index contributed by atoms with van der Waals surface area (Å²) in [6.45, 7) is 8.21. The lowest BCUT2D eigenvalue weighted by Crippen LogP contribution is -2.26. The topological polar surface area (TPSA) is 37.3 Å². The predicted octanol–water partition coefficient (Wildman–Crippen LogP) is 3.18. The zero-order valence-electron chi connectivity index (χ0n) is 10.6. The van der Waals surface area contributed by atoms with Crippen molar-refractivity contribution in [2.45, 2.75) is 65.9 Å². The molecule has 0 aromatic carbocycles. The maximum absolute atomic E-state index is 11.8. The molecule has 0 amide bonds. The van der Waals surface area contributed by atoms with Gasteiger partial charge in [-0.1, -0.05) is 40.5 Å². The van der Waals surface area contributed by atoms with E-state index in [4.69, 9.17) is 0 Å². The van der Waals surface area contributed by atoms with E-state index in [1.165, 1.54) is 0 Å². The molecule has 2 heteroatoms. The molecule has 0 aliphatic carbocycles. The molecule has 0 aliphatic heterocycles. The Hall–Kier alpha value is -0.370. The van der Waals surface area contributed by atoms with Gasteiger partial charge >= 0.3 is 0 Å². The Balaban J connectivity index is 4.15. The van der Waals surface area contributed by atoms with Crippen molar-refractivity contribution in [1.82, 2.24) is 0 Å². The molecular weight excluding hydrogens is 188 g/mol. The summed E-state index contributed by atoms with van der Waals surface area (Å²) < 4.78 is 0. The SMILES string of the molecule is CCC(CC)C(=O)C[C@H](O)C(CC)CC. The minimum atomic E-state index is -0.437. The van der Waals surface area contributed by atoms with Crippen molar-refractivity contribution < 1.29 is 9.90 Å². The first-order valence-electron chi connectivity index (χ1n) is 6.31. The van der Waals surface area contributed by atoms with Gasteiger partial charge in [0.15, 0.2) is 0 Å². The van der Waals surface area contributed by atoms with E-state index >= 15 is 0 Å². The molecule has 0 spiro atoms. The highest BCUT2D eigenvalue weighted by molar-refractivity contribution is 5.81. The van der Waals surface area contributed by atoms with Gasteiger partial charge in [0.2, 0.25) is 0 Å². The Morgan fingerprint density at radius 3 is 1.80 bits per heavy atom. The number of carbonyl (C=O) groups is 1. The van der Waals surface area contributed by atoms with E-state index < -0.39 is 6.10 Å². The Bertz CT molecular complexity index is 169. The van der Waals surface area contributed by atoms with Gasteiger partial charge in [-0.15, -0.1) is 0 Å². The minimum Gasteiger partial charge on any atom is -0.392 e. The molecule has 0 heterocycles. The predicted molar refractivity (Wildman–Crippen MR) is 63.8 cm³/mol. The first kappa shape index (κ1) is 14.6. The molecule has 0 fully saturated rings. The number of rotatable bonds is 8. The maximum atomic E-state index is 11.8. The standard InChI is InChI=1S/C13H26O2/c1-5-10(6-2)12(14)9-13(15)11(7-3)8-4/h10-12,14H,5-9H2,1-4H3/t12-/m0/s1. The fourth-order valence-corrected chi connectivity index (χ4v) is 2.12. The summed E-state index contributed by atoms with van der Waals surface area (Å²) in [7, 11) is 0. The van der Waals surface area contributed by atoms with Crippen molar-refractivity contribution >= 4 is 5.78 Å². The van der Waals surface area contributed by atoms with Crippen LogP contribution in [-0.2, 0) is 4.79 Å². The summed E-state index contributed by atoms with van der Waals surface area (Å²) >= 11 is 0. The van der Waals surface area contributed by atoms with E-state index in [0.29, 0.717) is 6.42 Å². The van der Waals surface area contributed by atoms with Crippen LogP contribution in [0.25, 0.3) is 0 Å². The summed E-state index contributed by atoms with van der Waals surface area (Å²) in [5, 5.41) is 9.90. The average molecular weight is 214 g/mol. The van der Waals surface area contributed by atoms with Gasteiger partial charge in [-0.05, 0) is 18.8 Å².